The van der Waals surface area contributed by atoms with Crippen LogP contribution in [0.15, 0.2) is 84.9 Å². The van der Waals surface area contributed by atoms with E-state index in [4.69, 9.17) is 0 Å². The molecule has 4 rings (SSSR count). The van der Waals surface area contributed by atoms with Crippen molar-refractivity contribution in [2.75, 3.05) is 0 Å². The zero-order chi connectivity index (χ0) is 21.4. The molecule has 0 N–H and O–H groups in total. The van der Waals surface area contributed by atoms with E-state index in [9.17, 15) is 22.1 Å². The van der Waals surface area contributed by atoms with Crippen molar-refractivity contribution in [2.24, 2.45) is 0 Å². The van der Waals surface area contributed by atoms with Gasteiger partial charge in [0.05, 0.1) is 11.1 Å². The highest BCUT2D eigenvalue weighted by Gasteiger charge is 2.42. The third-order valence-corrected chi connectivity index (χ3v) is 5.48. The summed E-state index contributed by atoms with van der Waals surface area (Å²) in [5.74, 6) is 0. The Morgan fingerprint density at radius 2 is 0.933 bits per heavy atom. The van der Waals surface area contributed by atoms with Crippen LogP contribution in [0, 0.1) is 0 Å². The summed E-state index contributed by atoms with van der Waals surface area (Å²) in [4.78, 5) is 0. The molecular weight excluding hydrogens is 419 g/mol. The van der Waals surface area contributed by atoms with Crippen LogP contribution in [0.3, 0.4) is 0 Å². The van der Waals surface area contributed by atoms with Gasteiger partial charge in [-0.25, -0.2) is 9.05 Å². The lowest BCUT2D eigenvalue weighted by Crippen LogP contribution is -2.19. The Labute approximate surface area is 169 Å². The normalized spacial score (nSPS) is 12.7. The molecule has 0 atom stereocenters. The number of benzene rings is 4. The third kappa shape index (κ3) is 3.97. The van der Waals surface area contributed by atoms with Gasteiger partial charge in [-0.2, -0.15) is 17.6 Å². The molecule has 0 spiro atoms. The first-order valence-corrected chi connectivity index (χ1v) is 10.1. The monoisotopic (exact) mass is 434 g/mol. The predicted molar refractivity (Wildman–Crippen MR) is 107 cm³/mol. The number of alkyl halides is 4. The van der Waals surface area contributed by atoms with Crippen LogP contribution in [0.5, 0.6) is 0 Å². The van der Waals surface area contributed by atoms with Crippen molar-refractivity contribution in [2.45, 2.75) is 12.2 Å². The second-order valence-corrected chi connectivity index (χ2v) is 7.45. The van der Waals surface area contributed by atoms with Gasteiger partial charge in [0.25, 0.3) is 0 Å². The van der Waals surface area contributed by atoms with Crippen LogP contribution in [0.25, 0.3) is 21.5 Å². The first-order valence-electron chi connectivity index (χ1n) is 8.92. The molecule has 154 valence electrons. The molecule has 0 saturated heterocycles. The van der Waals surface area contributed by atoms with Crippen molar-refractivity contribution in [1.82, 2.24) is 0 Å². The minimum absolute atomic E-state index is 0.153. The van der Waals surface area contributed by atoms with Gasteiger partial charge in [0.1, 0.15) is 0 Å². The fourth-order valence-electron chi connectivity index (χ4n) is 3.30. The Morgan fingerprint density at radius 3 is 1.37 bits per heavy atom. The van der Waals surface area contributed by atoms with Gasteiger partial charge >= 0.3 is 20.5 Å². The van der Waals surface area contributed by atoms with Gasteiger partial charge in [-0.15, -0.1) is 0 Å². The van der Waals surface area contributed by atoms with Crippen molar-refractivity contribution >= 4 is 29.8 Å². The molecule has 0 aromatic heterocycles. The van der Waals surface area contributed by atoms with Crippen LogP contribution in [-0.2, 0) is 25.8 Å². The number of fused-ring (bicyclic) bond motifs is 2. The minimum atomic E-state index is -4.28. The van der Waals surface area contributed by atoms with E-state index in [0.717, 1.165) is 12.1 Å². The SMILES string of the molecule is O=[PH](OC(F)(F)c1cccc2ccccc12)OC(F)(F)c1cccc2ccccc12. The number of hydrogen-bond acceptors (Lipinski definition) is 3. The Bertz CT molecular complexity index is 1140. The molecule has 0 heterocycles. The van der Waals surface area contributed by atoms with Gasteiger partial charge in [-0.1, -0.05) is 72.8 Å². The van der Waals surface area contributed by atoms with E-state index in [2.05, 4.69) is 9.05 Å². The average molecular weight is 434 g/mol. The topological polar surface area (TPSA) is 35.5 Å². The zero-order valence-corrected chi connectivity index (χ0v) is 16.3. The van der Waals surface area contributed by atoms with Crippen molar-refractivity contribution in [3.05, 3.63) is 96.1 Å². The second-order valence-electron chi connectivity index (χ2n) is 6.54. The first-order chi connectivity index (χ1) is 14.3. The number of rotatable bonds is 6. The fraction of sp³-hybridized carbons (Fsp3) is 0.0909. The summed E-state index contributed by atoms with van der Waals surface area (Å²) in [5, 5.41) is 1.31. The Balaban J connectivity index is 1.60. The van der Waals surface area contributed by atoms with Crippen molar-refractivity contribution in [3.63, 3.8) is 0 Å². The lowest BCUT2D eigenvalue weighted by Gasteiger charge is -2.22. The molecule has 0 aliphatic heterocycles. The predicted octanol–water partition coefficient (Wildman–Crippen LogP) is 7.21. The Kier molecular flexibility index (Phi) is 5.36. The van der Waals surface area contributed by atoms with Gasteiger partial charge in [0.2, 0.25) is 0 Å². The van der Waals surface area contributed by atoms with Crippen molar-refractivity contribution < 1.29 is 31.2 Å². The summed E-state index contributed by atoms with van der Waals surface area (Å²) in [6.45, 7) is 0. The molecule has 0 unspecified atom stereocenters. The summed E-state index contributed by atoms with van der Waals surface area (Å²) in [5.41, 5.74) is -1.17. The van der Waals surface area contributed by atoms with Gasteiger partial charge in [0, 0.05) is 0 Å². The second kappa shape index (κ2) is 7.84. The van der Waals surface area contributed by atoms with Crippen LogP contribution < -0.4 is 0 Å². The zero-order valence-electron chi connectivity index (χ0n) is 15.3. The van der Waals surface area contributed by atoms with E-state index in [-0.39, 0.29) is 10.8 Å². The standard InChI is InChI=1S/C22H15F4O3P/c23-21(24,19-13-5-9-15-7-1-3-11-17(15)19)28-30(27)29-22(25,26)20-14-6-10-16-8-2-4-12-18(16)20/h1-14,30H. The molecule has 0 aliphatic carbocycles. The van der Waals surface area contributed by atoms with Crippen molar-refractivity contribution in [1.29, 1.82) is 0 Å². The maximum atomic E-state index is 14.6. The fourth-order valence-corrected chi connectivity index (χ4v) is 3.98. The molecule has 0 radical (unpaired) electrons. The molecule has 0 amide bonds. The first kappa shape index (κ1) is 20.5. The largest absolute Gasteiger partial charge is 0.390 e. The molecule has 0 saturated carbocycles. The summed E-state index contributed by atoms with van der Waals surface area (Å²) in [7, 11) is -4.28. The Morgan fingerprint density at radius 1 is 0.567 bits per heavy atom. The van der Waals surface area contributed by atoms with E-state index in [1.165, 1.54) is 24.3 Å². The lowest BCUT2D eigenvalue weighted by molar-refractivity contribution is -0.219. The minimum Gasteiger partial charge on any atom is -0.263 e. The molecule has 30 heavy (non-hydrogen) atoms. The smallest absolute Gasteiger partial charge is 0.263 e. The molecule has 8 heteroatoms. The number of halogens is 4. The molecule has 0 fully saturated rings. The average Bonchev–Trinajstić information content (AvgIpc) is 2.72. The molecule has 0 aliphatic rings. The Hall–Kier alpha value is -2.73. The highest BCUT2D eigenvalue weighted by atomic mass is 31.1. The van der Waals surface area contributed by atoms with Crippen LogP contribution >= 0.6 is 8.25 Å². The van der Waals surface area contributed by atoms with Crippen LogP contribution in [0.4, 0.5) is 17.6 Å². The molecule has 3 nitrogen and oxygen atoms in total. The van der Waals surface area contributed by atoms with Crippen LogP contribution in [-0.4, -0.2) is 0 Å². The van der Waals surface area contributed by atoms with E-state index < -0.39 is 31.6 Å². The highest BCUT2D eigenvalue weighted by Crippen LogP contribution is 2.48. The quantitative estimate of drug-likeness (QED) is 0.238. The molecule has 4 aromatic rings. The summed E-state index contributed by atoms with van der Waals surface area (Å²) < 4.78 is 79.1. The van der Waals surface area contributed by atoms with E-state index >= 15 is 0 Å². The van der Waals surface area contributed by atoms with E-state index in [1.54, 1.807) is 48.5 Å². The van der Waals surface area contributed by atoms with Gasteiger partial charge < -0.3 is 0 Å². The maximum Gasteiger partial charge on any atom is 0.390 e. The summed E-state index contributed by atoms with van der Waals surface area (Å²) >= 11 is 0. The third-order valence-electron chi connectivity index (χ3n) is 4.63. The summed E-state index contributed by atoms with van der Waals surface area (Å²) in [6, 6.07) is 20.7. The summed E-state index contributed by atoms with van der Waals surface area (Å²) in [6.07, 6.45) is -8.18. The lowest BCUT2D eigenvalue weighted by atomic mass is 10.0. The van der Waals surface area contributed by atoms with Gasteiger partial charge in [-0.05, 0) is 33.7 Å². The molecular formula is C22H15F4O3P. The molecule has 4 aromatic carbocycles. The number of hydrogen-bond donors (Lipinski definition) is 0. The van der Waals surface area contributed by atoms with E-state index in [1.807, 2.05) is 0 Å². The molecule has 0 bridgehead atoms. The van der Waals surface area contributed by atoms with E-state index in [0.29, 0.717) is 10.8 Å². The highest BCUT2D eigenvalue weighted by molar-refractivity contribution is 7.33. The van der Waals surface area contributed by atoms with Gasteiger partial charge in [0.15, 0.2) is 0 Å². The maximum absolute atomic E-state index is 14.6. The van der Waals surface area contributed by atoms with Gasteiger partial charge in [-0.3, -0.25) is 4.57 Å². The van der Waals surface area contributed by atoms with Crippen LogP contribution in [0.2, 0.25) is 0 Å². The van der Waals surface area contributed by atoms with Crippen LogP contribution in [0.1, 0.15) is 11.1 Å². The van der Waals surface area contributed by atoms with Crippen molar-refractivity contribution in [3.8, 4) is 0 Å².